The van der Waals surface area contributed by atoms with E-state index in [0.717, 1.165) is 5.56 Å². The molecule has 2 aromatic rings. The van der Waals surface area contributed by atoms with Gasteiger partial charge in [0.25, 0.3) is 0 Å². The first-order valence-electron chi connectivity index (χ1n) is 7.55. The number of amides is 3. The zero-order valence-electron chi connectivity index (χ0n) is 13.1. The van der Waals surface area contributed by atoms with Gasteiger partial charge < -0.3 is 16.4 Å². The molecule has 0 bridgehead atoms. The average molecular weight is 325 g/mol. The highest BCUT2D eigenvalue weighted by molar-refractivity contribution is 5.96. The molecule has 0 saturated heterocycles. The third kappa shape index (κ3) is 5.57. The van der Waals surface area contributed by atoms with Crippen molar-refractivity contribution in [2.45, 2.75) is 12.8 Å². The topological polar surface area (TPSA) is 101 Å². The smallest absolute Gasteiger partial charge is 0.248 e. The van der Waals surface area contributed by atoms with E-state index in [4.69, 9.17) is 5.73 Å². The fourth-order valence-electron chi connectivity index (χ4n) is 2.13. The number of nitrogens with two attached hydrogens (primary N) is 1. The molecule has 3 amide bonds. The maximum atomic E-state index is 11.9. The van der Waals surface area contributed by atoms with E-state index in [-0.39, 0.29) is 31.2 Å². The fraction of sp³-hybridized carbons (Fsp3) is 0.167. The van der Waals surface area contributed by atoms with Crippen molar-refractivity contribution >= 4 is 23.4 Å². The Kier molecular flexibility index (Phi) is 6.08. The molecular formula is C18H19N3O3. The number of nitrogens with one attached hydrogen (secondary N) is 2. The van der Waals surface area contributed by atoms with Crippen LogP contribution in [-0.4, -0.2) is 24.3 Å². The summed E-state index contributed by atoms with van der Waals surface area (Å²) >= 11 is 0. The second kappa shape index (κ2) is 8.47. The van der Waals surface area contributed by atoms with Crippen molar-refractivity contribution < 1.29 is 14.4 Å². The maximum absolute atomic E-state index is 11.9. The van der Waals surface area contributed by atoms with Crippen molar-refractivity contribution in [3.05, 3.63) is 65.7 Å². The normalized spacial score (nSPS) is 10.0. The van der Waals surface area contributed by atoms with Gasteiger partial charge in [-0.25, -0.2) is 0 Å². The highest BCUT2D eigenvalue weighted by atomic mass is 16.2. The van der Waals surface area contributed by atoms with Crippen LogP contribution in [0.25, 0.3) is 0 Å². The molecule has 0 radical (unpaired) electrons. The van der Waals surface area contributed by atoms with E-state index in [1.54, 1.807) is 18.2 Å². The van der Waals surface area contributed by atoms with Gasteiger partial charge in [0, 0.05) is 24.2 Å². The van der Waals surface area contributed by atoms with E-state index in [1.165, 1.54) is 6.07 Å². The SMILES string of the molecule is NC(=O)c1cccc(NC(=O)CCNC(=O)Cc2ccccc2)c1. The Balaban J connectivity index is 1.74. The summed E-state index contributed by atoms with van der Waals surface area (Å²) in [6, 6.07) is 15.8. The predicted octanol–water partition coefficient (Wildman–Crippen LogP) is 1.47. The molecule has 2 aromatic carbocycles. The zero-order chi connectivity index (χ0) is 17.4. The van der Waals surface area contributed by atoms with Crippen molar-refractivity contribution in [3.63, 3.8) is 0 Å². The number of benzene rings is 2. The Bertz CT molecular complexity index is 729. The van der Waals surface area contributed by atoms with Crippen molar-refractivity contribution in [2.75, 3.05) is 11.9 Å². The van der Waals surface area contributed by atoms with Gasteiger partial charge >= 0.3 is 0 Å². The van der Waals surface area contributed by atoms with Gasteiger partial charge in [-0.1, -0.05) is 36.4 Å². The largest absolute Gasteiger partial charge is 0.366 e. The molecule has 0 aliphatic carbocycles. The van der Waals surface area contributed by atoms with E-state index in [0.29, 0.717) is 11.3 Å². The molecule has 2 rings (SSSR count). The standard InChI is InChI=1S/C18H19N3O3/c19-18(24)14-7-4-8-15(12-14)21-16(22)9-10-20-17(23)11-13-5-2-1-3-6-13/h1-8,12H,9-11H2,(H2,19,24)(H,20,23)(H,21,22). The van der Waals surface area contributed by atoms with Crippen LogP contribution < -0.4 is 16.4 Å². The van der Waals surface area contributed by atoms with Gasteiger partial charge in [-0.05, 0) is 23.8 Å². The lowest BCUT2D eigenvalue weighted by molar-refractivity contribution is -0.120. The molecule has 0 unspecified atom stereocenters. The van der Waals surface area contributed by atoms with Crippen LogP contribution >= 0.6 is 0 Å². The molecule has 6 nitrogen and oxygen atoms in total. The molecule has 0 aromatic heterocycles. The second-order valence-electron chi connectivity index (χ2n) is 5.26. The van der Waals surface area contributed by atoms with Crippen LogP contribution in [0, 0.1) is 0 Å². The number of rotatable bonds is 7. The minimum Gasteiger partial charge on any atom is -0.366 e. The number of carbonyl (C=O) groups is 3. The molecule has 0 atom stereocenters. The number of anilines is 1. The molecule has 0 saturated carbocycles. The monoisotopic (exact) mass is 325 g/mol. The number of hydrogen-bond acceptors (Lipinski definition) is 3. The summed E-state index contributed by atoms with van der Waals surface area (Å²) in [6.07, 6.45) is 0.421. The zero-order valence-corrected chi connectivity index (χ0v) is 13.1. The summed E-state index contributed by atoms with van der Waals surface area (Å²) in [6.45, 7) is 0.243. The molecule has 0 aliphatic heterocycles. The molecule has 24 heavy (non-hydrogen) atoms. The number of carbonyl (C=O) groups excluding carboxylic acids is 3. The minimum atomic E-state index is -0.556. The highest BCUT2D eigenvalue weighted by Gasteiger charge is 2.07. The van der Waals surface area contributed by atoms with E-state index in [1.807, 2.05) is 30.3 Å². The van der Waals surface area contributed by atoms with Crippen LogP contribution in [0.2, 0.25) is 0 Å². The first kappa shape index (κ1) is 17.2. The maximum Gasteiger partial charge on any atom is 0.248 e. The highest BCUT2D eigenvalue weighted by Crippen LogP contribution is 2.10. The second-order valence-corrected chi connectivity index (χ2v) is 5.26. The Morgan fingerprint density at radius 2 is 1.67 bits per heavy atom. The van der Waals surface area contributed by atoms with E-state index >= 15 is 0 Å². The molecule has 0 heterocycles. The van der Waals surface area contributed by atoms with Gasteiger partial charge in [0.15, 0.2) is 0 Å². The molecular weight excluding hydrogens is 306 g/mol. The van der Waals surface area contributed by atoms with Crippen LogP contribution in [0.5, 0.6) is 0 Å². The van der Waals surface area contributed by atoms with Gasteiger partial charge in [0.1, 0.15) is 0 Å². The van der Waals surface area contributed by atoms with Crippen molar-refractivity contribution in [3.8, 4) is 0 Å². The third-order valence-electron chi connectivity index (χ3n) is 3.31. The lowest BCUT2D eigenvalue weighted by Gasteiger charge is -2.07. The van der Waals surface area contributed by atoms with Crippen molar-refractivity contribution in [1.82, 2.24) is 5.32 Å². The molecule has 6 heteroatoms. The molecule has 0 spiro atoms. The van der Waals surface area contributed by atoms with Gasteiger partial charge in [-0.2, -0.15) is 0 Å². The summed E-state index contributed by atoms with van der Waals surface area (Å²) in [5.41, 5.74) is 6.93. The lowest BCUT2D eigenvalue weighted by Crippen LogP contribution is -2.28. The lowest BCUT2D eigenvalue weighted by atomic mass is 10.1. The van der Waals surface area contributed by atoms with E-state index < -0.39 is 5.91 Å². The Hall–Kier alpha value is -3.15. The van der Waals surface area contributed by atoms with Crippen LogP contribution in [-0.2, 0) is 16.0 Å². The van der Waals surface area contributed by atoms with Gasteiger partial charge in [-0.15, -0.1) is 0 Å². The summed E-state index contributed by atoms with van der Waals surface area (Å²) in [4.78, 5) is 34.7. The van der Waals surface area contributed by atoms with Crippen molar-refractivity contribution in [1.29, 1.82) is 0 Å². The van der Waals surface area contributed by atoms with Gasteiger partial charge in [0.05, 0.1) is 6.42 Å². The van der Waals surface area contributed by atoms with E-state index in [2.05, 4.69) is 10.6 Å². The first-order chi connectivity index (χ1) is 11.5. The Labute approximate surface area is 140 Å². The van der Waals surface area contributed by atoms with Crippen LogP contribution in [0.1, 0.15) is 22.3 Å². The van der Waals surface area contributed by atoms with Gasteiger partial charge in [0.2, 0.25) is 17.7 Å². The van der Waals surface area contributed by atoms with Crippen LogP contribution in [0.4, 0.5) is 5.69 Å². The Morgan fingerprint density at radius 1 is 0.917 bits per heavy atom. The third-order valence-corrected chi connectivity index (χ3v) is 3.31. The molecule has 0 fully saturated rings. The van der Waals surface area contributed by atoms with E-state index in [9.17, 15) is 14.4 Å². The molecule has 4 N–H and O–H groups in total. The predicted molar refractivity (Wildman–Crippen MR) is 91.4 cm³/mol. The summed E-state index contributed by atoms with van der Waals surface area (Å²) in [5.74, 6) is -0.944. The minimum absolute atomic E-state index is 0.135. The number of primary amides is 1. The fourth-order valence-corrected chi connectivity index (χ4v) is 2.13. The summed E-state index contributed by atoms with van der Waals surface area (Å²) in [5, 5.41) is 5.37. The van der Waals surface area contributed by atoms with Gasteiger partial charge in [-0.3, -0.25) is 14.4 Å². The summed E-state index contributed by atoms with van der Waals surface area (Å²) in [7, 11) is 0. The summed E-state index contributed by atoms with van der Waals surface area (Å²) < 4.78 is 0. The molecule has 124 valence electrons. The Morgan fingerprint density at radius 3 is 2.38 bits per heavy atom. The van der Waals surface area contributed by atoms with Crippen LogP contribution in [0.15, 0.2) is 54.6 Å². The quantitative estimate of drug-likeness (QED) is 0.718. The van der Waals surface area contributed by atoms with Crippen LogP contribution in [0.3, 0.4) is 0 Å². The number of hydrogen-bond donors (Lipinski definition) is 3. The van der Waals surface area contributed by atoms with Crippen molar-refractivity contribution in [2.24, 2.45) is 5.73 Å². The molecule has 0 aliphatic rings. The first-order valence-corrected chi connectivity index (χ1v) is 7.55. The average Bonchev–Trinajstić information content (AvgIpc) is 2.56.